The highest BCUT2D eigenvalue weighted by Crippen LogP contribution is 2.44. The number of nitrogens with one attached hydrogen (secondary N) is 1. The number of ether oxygens (including phenoxy) is 4. The molecular formula is C20H19NO6. The molecule has 0 aliphatic rings. The lowest BCUT2D eigenvalue weighted by atomic mass is 10.0. The summed E-state index contributed by atoms with van der Waals surface area (Å²) in [6.45, 7) is 0. The molecule has 0 amide bonds. The first-order valence-corrected chi connectivity index (χ1v) is 8.08. The number of rotatable bonds is 5. The first-order chi connectivity index (χ1) is 13.0. The fourth-order valence-electron chi connectivity index (χ4n) is 2.95. The Bertz CT molecular complexity index is 1100. The molecule has 1 heterocycles. The molecule has 3 aromatic rings. The second kappa shape index (κ2) is 7.41. The summed E-state index contributed by atoms with van der Waals surface area (Å²) in [4.78, 5) is 27.1. The molecule has 0 aliphatic heterocycles. The summed E-state index contributed by atoms with van der Waals surface area (Å²) in [5, 5.41) is 0.578. The van der Waals surface area contributed by atoms with E-state index in [-0.39, 0.29) is 5.75 Å². The molecule has 0 fully saturated rings. The van der Waals surface area contributed by atoms with E-state index in [1.807, 2.05) is 0 Å². The molecular weight excluding hydrogens is 350 g/mol. The summed E-state index contributed by atoms with van der Waals surface area (Å²) in [7, 11) is 5.99. The fraction of sp³-hybridized carbons (Fsp3) is 0.200. The Morgan fingerprint density at radius 1 is 0.778 bits per heavy atom. The van der Waals surface area contributed by atoms with Gasteiger partial charge in [-0.2, -0.15) is 0 Å². The zero-order chi connectivity index (χ0) is 19.6. The molecule has 7 nitrogen and oxygen atoms in total. The largest absolute Gasteiger partial charge is 0.497 e. The van der Waals surface area contributed by atoms with Crippen LogP contribution in [0.2, 0.25) is 0 Å². The predicted octanol–water partition coefficient (Wildman–Crippen LogP) is 2.59. The molecule has 27 heavy (non-hydrogen) atoms. The van der Waals surface area contributed by atoms with Crippen molar-refractivity contribution in [2.75, 3.05) is 28.4 Å². The SMILES string of the molecule is COc1ccc(-c2cc(=O)c(=O)[nH]c3c(OC)c(OC)c(OC)cc23)cc1. The van der Waals surface area contributed by atoms with Crippen LogP contribution in [0, 0.1) is 0 Å². The van der Waals surface area contributed by atoms with Crippen LogP contribution in [0.3, 0.4) is 0 Å². The number of hydrogen-bond acceptors (Lipinski definition) is 6. The third-order valence-electron chi connectivity index (χ3n) is 4.26. The third-order valence-corrected chi connectivity index (χ3v) is 4.26. The molecule has 0 saturated heterocycles. The highest BCUT2D eigenvalue weighted by molar-refractivity contribution is 5.99. The van der Waals surface area contributed by atoms with Gasteiger partial charge in [-0.05, 0) is 35.4 Å². The molecule has 7 heteroatoms. The van der Waals surface area contributed by atoms with E-state index in [4.69, 9.17) is 18.9 Å². The number of fused-ring (bicyclic) bond motifs is 1. The van der Waals surface area contributed by atoms with Crippen LogP contribution >= 0.6 is 0 Å². The number of H-pyrrole nitrogens is 1. The van der Waals surface area contributed by atoms with Crippen LogP contribution < -0.4 is 29.9 Å². The molecule has 0 radical (unpaired) electrons. The van der Waals surface area contributed by atoms with Gasteiger partial charge in [0.05, 0.1) is 34.0 Å². The topological polar surface area (TPSA) is 86.9 Å². The van der Waals surface area contributed by atoms with Crippen molar-refractivity contribution in [3.05, 3.63) is 57.0 Å². The Balaban J connectivity index is 2.51. The lowest BCUT2D eigenvalue weighted by Crippen LogP contribution is -2.22. The summed E-state index contributed by atoms with van der Waals surface area (Å²) < 4.78 is 21.4. The number of benzene rings is 2. The van der Waals surface area contributed by atoms with Crippen LogP contribution in [0.25, 0.3) is 22.0 Å². The van der Waals surface area contributed by atoms with Gasteiger partial charge in [-0.1, -0.05) is 12.1 Å². The van der Waals surface area contributed by atoms with Crippen molar-refractivity contribution in [1.29, 1.82) is 0 Å². The lowest BCUT2D eigenvalue weighted by Gasteiger charge is -2.15. The molecule has 0 bridgehead atoms. The van der Waals surface area contributed by atoms with Gasteiger partial charge in [-0.25, -0.2) is 0 Å². The third kappa shape index (κ3) is 3.19. The standard InChI is InChI=1S/C20H19NO6/c1-24-12-7-5-11(6-8-12)13-9-15(22)20(23)21-17-14(13)10-16(25-2)18(26-3)19(17)27-4/h5-10H,1-4H3,(H,21,22,23). The van der Waals surface area contributed by atoms with Gasteiger partial charge in [0.2, 0.25) is 11.2 Å². The van der Waals surface area contributed by atoms with Gasteiger partial charge in [-0.3, -0.25) is 9.59 Å². The van der Waals surface area contributed by atoms with E-state index in [0.717, 1.165) is 5.56 Å². The Morgan fingerprint density at radius 2 is 1.44 bits per heavy atom. The fourth-order valence-corrected chi connectivity index (χ4v) is 2.95. The Hall–Kier alpha value is -3.48. The van der Waals surface area contributed by atoms with Gasteiger partial charge in [0, 0.05) is 5.39 Å². The quantitative estimate of drug-likeness (QED) is 0.696. The Labute approximate surface area is 155 Å². The molecule has 1 aromatic heterocycles. The maximum atomic E-state index is 12.3. The van der Waals surface area contributed by atoms with Crippen molar-refractivity contribution < 1.29 is 18.9 Å². The number of aromatic nitrogens is 1. The van der Waals surface area contributed by atoms with E-state index in [9.17, 15) is 9.59 Å². The van der Waals surface area contributed by atoms with Crippen LogP contribution in [0.4, 0.5) is 0 Å². The average molecular weight is 369 g/mol. The van der Waals surface area contributed by atoms with Crippen LogP contribution in [-0.4, -0.2) is 33.4 Å². The van der Waals surface area contributed by atoms with Gasteiger partial charge in [-0.15, -0.1) is 0 Å². The molecule has 1 N–H and O–H groups in total. The van der Waals surface area contributed by atoms with E-state index in [0.29, 0.717) is 33.7 Å². The molecule has 0 atom stereocenters. The van der Waals surface area contributed by atoms with E-state index >= 15 is 0 Å². The average Bonchev–Trinajstić information content (AvgIpc) is 2.82. The van der Waals surface area contributed by atoms with Crippen molar-refractivity contribution in [2.24, 2.45) is 0 Å². The van der Waals surface area contributed by atoms with Crippen molar-refractivity contribution >= 4 is 10.9 Å². The van der Waals surface area contributed by atoms with Crippen LogP contribution in [0.5, 0.6) is 23.0 Å². The molecule has 140 valence electrons. The predicted molar refractivity (Wildman–Crippen MR) is 102 cm³/mol. The first kappa shape index (κ1) is 18.3. The second-order valence-corrected chi connectivity index (χ2v) is 5.67. The van der Waals surface area contributed by atoms with E-state index in [2.05, 4.69) is 4.98 Å². The van der Waals surface area contributed by atoms with Gasteiger partial charge in [0.25, 0.3) is 5.56 Å². The van der Waals surface area contributed by atoms with E-state index < -0.39 is 11.0 Å². The number of hydrogen-bond donors (Lipinski definition) is 1. The summed E-state index contributed by atoms with van der Waals surface area (Å²) in [5.41, 5.74) is 0.196. The maximum absolute atomic E-state index is 12.3. The minimum absolute atomic E-state index is 0.273. The zero-order valence-electron chi connectivity index (χ0n) is 15.4. The molecule has 0 saturated carbocycles. The van der Waals surface area contributed by atoms with Gasteiger partial charge in [0.1, 0.15) is 5.75 Å². The number of aromatic amines is 1. The van der Waals surface area contributed by atoms with Crippen molar-refractivity contribution in [1.82, 2.24) is 4.98 Å². The highest BCUT2D eigenvalue weighted by Gasteiger charge is 2.19. The van der Waals surface area contributed by atoms with E-state index in [1.165, 1.54) is 27.4 Å². The van der Waals surface area contributed by atoms with Gasteiger partial charge < -0.3 is 23.9 Å². The molecule has 0 aliphatic carbocycles. The molecule has 0 spiro atoms. The smallest absolute Gasteiger partial charge is 0.296 e. The minimum Gasteiger partial charge on any atom is -0.497 e. The van der Waals surface area contributed by atoms with Crippen molar-refractivity contribution in [3.63, 3.8) is 0 Å². The zero-order valence-corrected chi connectivity index (χ0v) is 15.4. The molecule has 0 unspecified atom stereocenters. The van der Waals surface area contributed by atoms with Crippen LogP contribution in [-0.2, 0) is 0 Å². The van der Waals surface area contributed by atoms with E-state index in [1.54, 1.807) is 37.4 Å². The number of methoxy groups -OCH3 is 4. The molecule has 2 aromatic carbocycles. The summed E-state index contributed by atoms with van der Waals surface area (Å²) in [5.74, 6) is 1.69. The minimum atomic E-state index is -0.759. The first-order valence-electron chi connectivity index (χ1n) is 8.08. The van der Waals surface area contributed by atoms with Crippen molar-refractivity contribution in [2.45, 2.75) is 0 Å². The second-order valence-electron chi connectivity index (χ2n) is 5.67. The van der Waals surface area contributed by atoms with Gasteiger partial charge >= 0.3 is 0 Å². The molecule has 3 rings (SSSR count). The lowest BCUT2D eigenvalue weighted by molar-refractivity contribution is 0.327. The maximum Gasteiger partial charge on any atom is 0.296 e. The summed E-state index contributed by atoms with van der Waals surface area (Å²) in [6.07, 6.45) is 0. The van der Waals surface area contributed by atoms with Gasteiger partial charge in [0.15, 0.2) is 11.5 Å². The summed E-state index contributed by atoms with van der Waals surface area (Å²) >= 11 is 0. The highest BCUT2D eigenvalue weighted by atomic mass is 16.5. The van der Waals surface area contributed by atoms with Crippen molar-refractivity contribution in [3.8, 4) is 34.1 Å². The van der Waals surface area contributed by atoms with Crippen LogP contribution in [0.1, 0.15) is 0 Å². The normalized spacial score (nSPS) is 10.5. The van der Waals surface area contributed by atoms with Crippen LogP contribution in [0.15, 0.2) is 46.0 Å². The monoisotopic (exact) mass is 369 g/mol. The Morgan fingerprint density at radius 3 is 2.00 bits per heavy atom. The summed E-state index contributed by atoms with van der Waals surface area (Å²) in [6, 6.07) is 10.2. The Kier molecular flexibility index (Phi) is 5.03.